The number of hydrogen-bond acceptors (Lipinski definition) is 4. The predicted octanol–water partition coefficient (Wildman–Crippen LogP) is 3.56. The molecule has 0 radical (unpaired) electrons. The number of amides is 1. The van der Waals surface area contributed by atoms with E-state index < -0.39 is 17.8 Å². The molecule has 6 nitrogen and oxygen atoms in total. The first-order valence-electron chi connectivity index (χ1n) is 8.55. The van der Waals surface area contributed by atoms with E-state index >= 15 is 0 Å². The van der Waals surface area contributed by atoms with Gasteiger partial charge in [0.25, 0.3) is 5.91 Å². The molecule has 0 saturated carbocycles. The molecule has 0 aliphatic heterocycles. The van der Waals surface area contributed by atoms with E-state index in [1.54, 1.807) is 31.2 Å². The molecular formula is C20H15F2N5O. The molecule has 1 amide bonds. The van der Waals surface area contributed by atoms with Crippen molar-refractivity contribution >= 4 is 11.6 Å². The summed E-state index contributed by atoms with van der Waals surface area (Å²) in [6.07, 6.45) is 1.50. The molecule has 0 spiro atoms. The maximum absolute atomic E-state index is 13.8. The van der Waals surface area contributed by atoms with Crippen molar-refractivity contribution in [2.75, 3.05) is 0 Å². The zero-order valence-corrected chi connectivity index (χ0v) is 14.8. The van der Waals surface area contributed by atoms with Crippen molar-refractivity contribution in [3.05, 3.63) is 83.9 Å². The molecule has 1 N–H and O–H groups in total. The number of hydrogen-bond donors (Lipinski definition) is 1. The summed E-state index contributed by atoms with van der Waals surface area (Å²) in [5, 5.41) is 6.99. The summed E-state index contributed by atoms with van der Waals surface area (Å²) in [5.41, 5.74) is 1.85. The molecule has 28 heavy (non-hydrogen) atoms. The molecule has 2 heterocycles. The van der Waals surface area contributed by atoms with Crippen molar-refractivity contribution in [2.24, 2.45) is 0 Å². The summed E-state index contributed by atoms with van der Waals surface area (Å²) >= 11 is 0. The maximum atomic E-state index is 13.8. The second kappa shape index (κ2) is 7.15. The van der Waals surface area contributed by atoms with Crippen LogP contribution in [0, 0.1) is 11.6 Å². The molecule has 1 atom stereocenters. The zero-order valence-electron chi connectivity index (χ0n) is 14.8. The van der Waals surface area contributed by atoms with Crippen molar-refractivity contribution in [3.8, 4) is 11.3 Å². The number of rotatable bonds is 4. The van der Waals surface area contributed by atoms with Crippen LogP contribution >= 0.6 is 0 Å². The Labute approximate surface area is 158 Å². The Bertz CT molecular complexity index is 1160. The Morgan fingerprint density at radius 2 is 1.86 bits per heavy atom. The Balaban J connectivity index is 1.58. The van der Waals surface area contributed by atoms with Crippen molar-refractivity contribution in [2.45, 2.75) is 13.0 Å². The van der Waals surface area contributed by atoms with Gasteiger partial charge < -0.3 is 5.32 Å². The first-order valence-corrected chi connectivity index (χ1v) is 8.55. The summed E-state index contributed by atoms with van der Waals surface area (Å²) in [6.45, 7) is 1.71. The third-order valence-corrected chi connectivity index (χ3v) is 4.24. The molecule has 0 saturated heterocycles. The fraction of sp³-hybridized carbons (Fsp3) is 0.100. The second-order valence-electron chi connectivity index (χ2n) is 6.23. The van der Waals surface area contributed by atoms with Gasteiger partial charge >= 0.3 is 0 Å². The summed E-state index contributed by atoms with van der Waals surface area (Å²) < 4.78 is 28.3. The topological polar surface area (TPSA) is 72.2 Å². The van der Waals surface area contributed by atoms with Crippen molar-refractivity contribution in [1.29, 1.82) is 0 Å². The molecule has 0 bridgehead atoms. The average molecular weight is 379 g/mol. The first kappa shape index (κ1) is 17.7. The standard InChI is InChI=1S/C20H15F2N5O/c1-12(24-20(28)15-4-2-3-5-16(15)22)19-25-18-10-17(23-11-27(18)26-19)13-6-8-14(21)9-7-13/h2-12H,1H3,(H,24,28)/t12-/m0/s1. The van der Waals surface area contributed by atoms with E-state index in [1.807, 2.05) is 0 Å². The maximum Gasteiger partial charge on any atom is 0.254 e. The van der Waals surface area contributed by atoms with Crippen LogP contribution in [0.3, 0.4) is 0 Å². The Morgan fingerprint density at radius 1 is 1.11 bits per heavy atom. The highest BCUT2D eigenvalue weighted by atomic mass is 19.1. The molecule has 140 valence electrons. The van der Waals surface area contributed by atoms with E-state index in [0.717, 1.165) is 5.56 Å². The lowest BCUT2D eigenvalue weighted by Crippen LogP contribution is -2.28. The van der Waals surface area contributed by atoms with Crippen molar-refractivity contribution < 1.29 is 13.6 Å². The van der Waals surface area contributed by atoms with Gasteiger partial charge in [0, 0.05) is 11.6 Å². The Kier molecular flexibility index (Phi) is 4.52. The predicted molar refractivity (Wildman–Crippen MR) is 98.5 cm³/mol. The minimum atomic E-state index is -0.594. The highest BCUT2D eigenvalue weighted by Gasteiger charge is 2.18. The normalized spacial score (nSPS) is 12.1. The molecule has 0 aliphatic rings. The SMILES string of the molecule is C[C@H](NC(=O)c1ccccc1F)c1nc2cc(-c3ccc(F)cc3)ncn2n1. The minimum Gasteiger partial charge on any atom is -0.342 e. The van der Waals surface area contributed by atoms with Gasteiger partial charge in [-0.25, -0.2) is 23.3 Å². The lowest BCUT2D eigenvalue weighted by atomic mass is 10.1. The fourth-order valence-corrected chi connectivity index (χ4v) is 2.76. The van der Waals surface area contributed by atoms with Gasteiger partial charge in [-0.1, -0.05) is 12.1 Å². The minimum absolute atomic E-state index is 0.0432. The number of benzene rings is 2. The summed E-state index contributed by atoms with van der Waals surface area (Å²) in [4.78, 5) is 21.0. The fourth-order valence-electron chi connectivity index (χ4n) is 2.76. The third-order valence-electron chi connectivity index (χ3n) is 4.24. The Hall–Kier alpha value is -3.68. The van der Waals surface area contributed by atoms with E-state index in [9.17, 15) is 13.6 Å². The van der Waals surface area contributed by atoms with Gasteiger partial charge in [0.1, 0.15) is 18.0 Å². The lowest BCUT2D eigenvalue weighted by Gasteiger charge is -2.10. The van der Waals surface area contributed by atoms with E-state index in [0.29, 0.717) is 17.2 Å². The first-order chi connectivity index (χ1) is 13.5. The molecule has 8 heteroatoms. The number of nitrogens with zero attached hydrogens (tertiary/aromatic N) is 4. The van der Waals surface area contributed by atoms with Crippen LogP contribution in [0.25, 0.3) is 16.9 Å². The molecule has 4 rings (SSSR count). The summed E-state index contributed by atoms with van der Waals surface area (Å²) in [6, 6.07) is 12.9. The lowest BCUT2D eigenvalue weighted by molar-refractivity contribution is 0.0934. The number of carbonyl (C=O) groups excluding carboxylic acids is 1. The number of aromatic nitrogens is 4. The smallest absolute Gasteiger partial charge is 0.254 e. The summed E-state index contributed by atoms with van der Waals surface area (Å²) in [5.74, 6) is -1.10. The van der Waals surface area contributed by atoms with Crippen molar-refractivity contribution in [1.82, 2.24) is 24.9 Å². The second-order valence-corrected chi connectivity index (χ2v) is 6.23. The highest BCUT2D eigenvalue weighted by molar-refractivity contribution is 5.94. The Morgan fingerprint density at radius 3 is 2.61 bits per heavy atom. The van der Waals surface area contributed by atoms with Gasteiger partial charge in [-0.15, -0.1) is 5.10 Å². The van der Waals surface area contributed by atoms with Crippen LogP contribution in [-0.2, 0) is 0 Å². The third kappa shape index (κ3) is 3.44. The van der Waals surface area contributed by atoms with Gasteiger partial charge in [0.2, 0.25) is 0 Å². The van der Waals surface area contributed by atoms with Crippen LogP contribution in [0.1, 0.15) is 29.1 Å². The quantitative estimate of drug-likeness (QED) is 0.589. The summed E-state index contributed by atoms with van der Waals surface area (Å²) in [7, 11) is 0. The number of halogens is 2. The zero-order chi connectivity index (χ0) is 19.7. The van der Waals surface area contributed by atoms with E-state index in [1.165, 1.54) is 41.2 Å². The average Bonchev–Trinajstić information content (AvgIpc) is 3.12. The van der Waals surface area contributed by atoms with Crippen molar-refractivity contribution in [3.63, 3.8) is 0 Å². The van der Waals surface area contributed by atoms with E-state index in [-0.39, 0.29) is 11.4 Å². The highest BCUT2D eigenvalue weighted by Crippen LogP contribution is 2.19. The van der Waals surface area contributed by atoms with Gasteiger partial charge in [-0.3, -0.25) is 4.79 Å². The number of nitrogens with one attached hydrogen (secondary N) is 1. The van der Waals surface area contributed by atoms with Crippen LogP contribution in [-0.4, -0.2) is 25.5 Å². The number of fused-ring (bicyclic) bond motifs is 1. The van der Waals surface area contributed by atoms with Crippen LogP contribution < -0.4 is 5.32 Å². The molecule has 0 fully saturated rings. The van der Waals surface area contributed by atoms with Crippen LogP contribution in [0.15, 0.2) is 60.9 Å². The molecule has 2 aromatic heterocycles. The van der Waals surface area contributed by atoms with Gasteiger partial charge in [-0.05, 0) is 43.3 Å². The molecule has 0 unspecified atom stereocenters. The monoisotopic (exact) mass is 379 g/mol. The molecule has 2 aromatic carbocycles. The van der Waals surface area contributed by atoms with E-state index in [4.69, 9.17) is 0 Å². The van der Waals surface area contributed by atoms with Gasteiger partial charge in [0.15, 0.2) is 11.5 Å². The molecular weight excluding hydrogens is 364 g/mol. The van der Waals surface area contributed by atoms with Crippen LogP contribution in [0.5, 0.6) is 0 Å². The van der Waals surface area contributed by atoms with Crippen LogP contribution in [0.4, 0.5) is 8.78 Å². The molecule has 4 aromatic rings. The molecule has 0 aliphatic carbocycles. The van der Waals surface area contributed by atoms with Gasteiger partial charge in [-0.2, -0.15) is 0 Å². The van der Waals surface area contributed by atoms with Gasteiger partial charge in [0.05, 0.1) is 17.3 Å². The van der Waals surface area contributed by atoms with Crippen LogP contribution in [0.2, 0.25) is 0 Å². The van der Waals surface area contributed by atoms with E-state index in [2.05, 4.69) is 20.4 Å². The largest absolute Gasteiger partial charge is 0.342 e. The number of carbonyl (C=O) groups is 1.